The largest absolute Gasteiger partial charge is 0.337 e. The second kappa shape index (κ2) is 7.83. The fourth-order valence-electron chi connectivity index (χ4n) is 3.38. The van der Waals surface area contributed by atoms with Crippen LogP contribution in [0.2, 0.25) is 5.02 Å². The topological polar surface area (TPSA) is 88.3 Å². The SMILES string of the molecule is CN1CC(NS(=O)(=O)c2cccc(F)c2)CC1c1nc(-c2ccc(Cl)cc2)no1. The van der Waals surface area contributed by atoms with Crippen molar-refractivity contribution in [3.05, 3.63) is 65.3 Å². The predicted molar refractivity (Wildman–Crippen MR) is 105 cm³/mol. The minimum absolute atomic E-state index is 0.105. The normalized spacial score (nSPS) is 20.2. The van der Waals surface area contributed by atoms with E-state index in [0.29, 0.717) is 29.7 Å². The number of likely N-dealkylation sites (tertiary alicyclic amines) is 1. The molecule has 0 aliphatic carbocycles. The molecule has 1 saturated heterocycles. The van der Waals surface area contributed by atoms with Crippen molar-refractivity contribution in [1.82, 2.24) is 19.8 Å². The zero-order valence-corrected chi connectivity index (χ0v) is 17.0. The number of rotatable bonds is 5. The first-order chi connectivity index (χ1) is 13.8. The van der Waals surface area contributed by atoms with Crippen molar-refractivity contribution in [2.45, 2.75) is 23.4 Å². The van der Waals surface area contributed by atoms with E-state index >= 15 is 0 Å². The van der Waals surface area contributed by atoms with Crippen LogP contribution in [0.3, 0.4) is 0 Å². The highest BCUT2D eigenvalue weighted by Gasteiger charge is 2.36. The molecule has 2 heterocycles. The smallest absolute Gasteiger partial charge is 0.244 e. The third kappa shape index (κ3) is 4.32. The number of halogens is 2. The Labute approximate surface area is 172 Å². The lowest BCUT2D eigenvalue weighted by Crippen LogP contribution is -2.36. The average molecular weight is 437 g/mol. The maximum absolute atomic E-state index is 13.4. The first-order valence-electron chi connectivity index (χ1n) is 8.89. The number of sulfonamides is 1. The summed E-state index contributed by atoms with van der Waals surface area (Å²) in [6.45, 7) is 0.456. The van der Waals surface area contributed by atoms with Gasteiger partial charge in [-0.15, -0.1) is 0 Å². The van der Waals surface area contributed by atoms with Crippen molar-refractivity contribution in [3.8, 4) is 11.4 Å². The van der Waals surface area contributed by atoms with Gasteiger partial charge >= 0.3 is 0 Å². The second-order valence-corrected chi connectivity index (χ2v) is 9.08. The van der Waals surface area contributed by atoms with Gasteiger partial charge in [-0.2, -0.15) is 4.98 Å². The van der Waals surface area contributed by atoms with Crippen LogP contribution in [0.25, 0.3) is 11.4 Å². The predicted octanol–water partition coefficient (Wildman–Crippen LogP) is 3.25. The quantitative estimate of drug-likeness (QED) is 0.660. The summed E-state index contributed by atoms with van der Waals surface area (Å²) in [6, 6.07) is 11.4. The van der Waals surface area contributed by atoms with Crippen molar-refractivity contribution in [2.24, 2.45) is 0 Å². The molecule has 1 N–H and O–H groups in total. The fraction of sp³-hybridized carbons (Fsp3) is 0.263. The highest BCUT2D eigenvalue weighted by molar-refractivity contribution is 7.89. The van der Waals surface area contributed by atoms with E-state index in [0.717, 1.165) is 11.6 Å². The highest BCUT2D eigenvalue weighted by atomic mass is 35.5. The van der Waals surface area contributed by atoms with Crippen LogP contribution < -0.4 is 4.72 Å². The van der Waals surface area contributed by atoms with Crippen LogP contribution in [-0.4, -0.2) is 43.1 Å². The number of benzene rings is 2. The molecular formula is C19H18ClFN4O3S. The molecule has 0 saturated carbocycles. The second-order valence-electron chi connectivity index (χ2n) is 6.93. The van der Waals surface area contributed by atoms with E-state index in [-0.39, 0.29) is 17.0 Å². The van der Waals surface area contributed by atoms with Crippen LogP contribution in [0.15, 0.2) is 57.9 Å². The van der Waals surface area contributed by atoms with E-state index in [1.54, 1.807) is 24.3 Å². The molecule has 0 bridgehead atoms. The molecule has 1 aromatic heterocycles. The van der Waals surface area contributed by atoms with E-state index in [2.05, 4.69) is 14.9 Å². The van der Waals surface area contributed by atoms with Gasteiger partial charge in [-0.05, 0) is 55.9 Å². The van der Waals surface area contributed by atoms with Gasteiger partial charge in [-0.3, -0.25) is 4.90 Å². The zero-order valence-electron chi connectivity index (χ0n) is 15.4. The molecular weight excluding hydrogens is 419 g/mol. The molecule has 0 radical (unpaired) electrons. The van der Waals surface area contributed by atoms with Crippen LogP contribution in [0.1, 0.15) is 18.4 Å². The Kier molecular flexibility index (Phi) is 5.39. The van der Waals surface area contributed by atoms with E-state index in [1.165, 1.54) is 18.2 Å². The molecule has 0 spiro atoms. The standard InChI is InChI=1S/C19H18ClFN4O3S/c1-25-11-15(24-29(26,27)16-4-2-3-14(21)9-16)10-17(25)19-22-18(23-28-19)12-5-7-13(20)8-6-12/h2-9,15,17,24H,10-11H2,1H3. The lowest BCUT2D eigenvalue weighted by molar-refractivity contribution is 0.244. The fourth-order valence-corrected chi connectivity index (χ4v) is 4.78. The third-order valence-corrected chi connectivity index (χ3v) is 6.58. The van der Waals surface area contributed by atoms with Crippen molar-refractivity contribution >= 4 is 21.6 Å². The maximum Gasteiger partial charge on any atom is 0.244 e. The van der Waals surface area contributed by atoms with Crippen LogP contribution in [0.5, 0.6) is 0 Å². The lowest BCUT2D eigenvalue weighted by atomic mass is 10.2. The molecule has 10 heteroatoms. The maximum atomic E-state index is 13.4. The van der Waals surface area contributed by atoms with Gasteiger partial charge in [0.15, 0.2) is 0 Å². The summed E-state index contributed by atoms with van der Waals surface area (Å²) in [6.07, 6.45) is 0.452. The van der Waals surface area contributed by atoms with Crippen molar-refractivity contribution in [1.29, 1.82) is 0 Å². The molecule has 2 unspecified atom stereocenters. The Morgan fingerprint density at radius 1 is 1.24 bits per heavy atom. The molecule has 152 valence electrons. The van der Waals surface area contributed by atoms with Gasteiger partial charge in [0.05, 0.1) is 10.9 Å². The number of hydrogen-bond acceptors (Lipinski definition) is 6. The number of nitrogens with zero attached hydrogens (tertiary/aromatic N) is 3. The molecule has 0 amide bonds. The van der Waals surface area contributed by atoms with Crippen molar-refractivity contribution < 1.29 is 17.3 Å². The molecule has 1 aliphatic heterocycles. The Balaban J connectivity index is 1.48. The van der Waals surface area contributed by atoms with Crippen LogP contribution in [-0.2, 0) is 10.0 Å². The average Bonchev–Trinajstić information content (AvgIpc) is 3.29. The lowest BCUT2D eigenvalue weighted by Gasteiger charge is -2.14. The third-order valence-electron chi connectivity index (χ3n) is 4.81. The first-order valence-corrected chi connectivity index (χ1v) is 10.8. The summed E-state index contributed by atoms with van der Waals surface area (Å²) in [7, 11) is -1.98. The molecule has 2 atom stereocenters. The Bertz CT molecular complexity index is 1120. The van der Waals surface area contributed by atoms with E-state index in [9.17, 15) is 12.8 Å². The Hall–Kier alpha value is -2.33. The number of hydrogen-bond donors (Lipinski definition) is 1. The number of nitrogens with one attached hydrogen (secondary N) is 1. The summed E-state index contributed by atoms with van der Waals surface area (Å²) in [5, 5.41) is 4.63. The van der Waals surface area contributed by atoms with Gasteiger partial charge in [0.1, 0.15) is 5.82 Å². The van der Waals surface area contributed by atoms with Crippen molar-refractivity contribution in [3.63, 3.8) is 0 Å². The summed E-state index contributed by atoms with van der Waals surface area (Å²) in [4.78, 5) is 6.29. The molecule has 1 aliphatic rings. The molecule has 29 heavy (non-hydrogen) atoms. The van der Waals surface area contributed by atoms with Crippen LogP contribution >= 0.6 is 11.6 Å². The molecule has 7 nitrogen and oxygen atoms in total. The van der Waals surface area contributed by atoms with Gasteiger partial charge in [-0.1, -0.05) is 22.8 Å². The molecule has 3 aromatic rings. The zero-order chi connectivity index (χ0) is 20.6. The van der Waals surface area contributed by atoms with Gasteiger partial charge in [0.25, 0.3) is 0 Å². The highest BCUT2D eigenvalue weighted by Crippen LogP contribution is 2.31. The summed E-state index contributed by atoms with van der Waals surface area (Å²) < 4.78 is 46.5. The number of aromatic nitrogens is 2. The van der Waals surface area contributed by atoms with E-state index in [4.69, 9.17) is 16.1 Å². The minimum atomic E-state index is -3.83. The van der Waals surface area contributed by atoms with Gasteiger partial charge in [-0.25, -0.2) is 17.5 Å². The summed E-state index contributed by atoms with van der Waals surface area (Å²) >= 11 is 5.90. The van der Waals surface area contributed by atoms with Crippen LogP contribution in [0, 0.1) is 5.82 Å². The monoisotopic (exact) mass is 436 g/mol. The molecule has 1 fully saturated rings. The Morgan fingerprint density at radius 2 is 2.00 bits per heavy atom. The minimum Gasteiger partial charge on any atom is -0.337 e. The first kappa shape index (κ1) is 20.0. The molecule has 2 aromatic carbocycles. The Morgan fingerprint density at radius 3 is 2.72 bits per heavy atom. The van der Waals surface area contributed by atoms with Crippen LogP contribution in [0.4, 0.5) is 4.39 Å². The molecule has 4 rings (SSSR count). The summed E-state index contributed by atoms with van der Waals surface area (Å²) in [5.41, 5.74) is 0.772. The van der Waals surface area contributed by atoms with Gasteiger partial charge in [0.2, 0.25) is 21.7 Å². The van der Waals surface area contributed by atoms with Gasteiger partial charge in [0, 0.05) is 23.2 Å². The van der Waals surface area contributed by atoms with Gasteiger partial charge < -0.3 is 4.52 Å². The van der Waals surface area contributed by atoms with E-state index < -0.39 is 15.8 Å². The van der Waals surface area contributed by atoms with Crippen molar-refractivity contribution in [2.75, 3.05) is 13.6 Å². The summed E-state index contributed by atoms with van der Waals surface area (Å²) in [5.74, 6) is 0.244. The van der Waals surface area contributed by atoms with E-state index in [1.807, 2.05) is 11.9 Å². The number of likely N-dealkylation sites (N-methyl/N-ethyl adjacent to an activating group) is 1.